The number of hydrogen-bond donors (Lipinski definition) is 0. The summed E-state index contributed by atoms with van der Waals surface area (Å²) in [6.07, 6.45) is 18.3. The molecule has 0 aromatic rings. The van der Waals surface area contributed by atoms with E-state index in [1.54, 1.807) is 5.57 Å². The molecular formula is C20H32. The molecular weight excluding hydrogens is 240 g/mol. The fourth-order valence-electron chi connectivity index (χ4n) is 5.30. The molecule has 0 amide bonds. The number of rotatable bonds is 2. The third-order valence-electron chi connectivity index (χ3n) is 6.47. The maximum Gasteiger partial charge on any atom is -0.0169 e. The maximum atomic E-state index is 4.25. The maximum absolute atomic E-state index is 4.25. The summed E-state index contributed by atoms with van der Waals surface area (Å²) < 4.78 is 0. The molecule has 0 radical (unpaired) electrons. The van der Waals surface area contributed by atoms with Crippen LogP contribution < -0.4 is 0 Å². The van der Waals surface area contributed by atoms with Crippen LogP contribution in [0.1, 0.15) is 77.6 Å². The van der Waals surface area contributed by atoms with Crippen LogP contribution in [0.5, 0.6) is 0 Å². The zero-order valence-corrected chi connectivity index (χ0v) is 13.4. The molecule has 0 heterocycles. The van der Waals surface area contributed by atoms with Crippen LogP contribution in [0.4, 0.5) is 0 Å². The Labute approximate surface area is 125 Å². The molecule has 0 N–H and O–H groups in total. The zero-order valence-electron chi connectivity index (χ0n) is 13.4. The van der Waals surface area contributed by atoms with Crippen LogP contribution in [-0.4, -0.2) is 0 Å². The summed E-state index contributed by atoms with van der Waals surface area (Å²) in [5.74, 6) is 3.86. The van der Waals surface area contributed by atoms with Crippen molar-refractivity contribution in [1.29, 1.82) is 0 Å². The fourth-order valence-corrected chi connectivity index (χ4v) is 5.30. The molecule has 3 aliphatic carbocycles. The summed E-state index contributed by atoms with van der Waals surface area (Å²) in [5, 5.41) is 0. The first kappa shape index (κ1) is 14.4. The second kappa shape index (κ2) is 6.50. The van der Waals surface area contributed by atoms with Gasteiger partial charge < -0.3 is 0 Å². The van der Waals surface area contributed by atoms with Crippen molar-refractivity contribution in [3.8, 4) is 0 Å². The predicted molar refractivity (Wildman–Crippen MR) is 87.6 cm³/mol. The van der Waals surface area contributed by atoms with Crippen molar-refractivity contribution in [3.63, 3.8) is 0 Å². The molecule has 2 fully saturated rings. The van der Waals surface area contributed by atoms with E-state index >= 15 is 0 Å². The van der Waals surface area contributed by atoms with E-state index in [2.05, 4.69) is 19.6 Å². The second-order valence-corrected chi connectivity index (χ2v) is 7.69. The minimum absolute atomic E-state index is 0.903. The standard InChI is InChI=1S/C20H32/c1-15-8-6-13-20-18(14-15)11-7-12-19(20)16(2)17-9-4-3-5-10-17/h14,16-17,19-20H,1,3-13H2,2H3. The highest BCUT2D eigenvalue weighted by molar-refractivity contribution is 5.26. The van der Waals surface area contributed by atoms with Gasteiger partial charge in [0.05, 0.1) is 0 Å². The Hall–Kier alpha value is -0.520. The van der Waals surface area contributed by atoms with Crippen molar-refractivity contribution in [3.05, 3.63) is 23.8 Å². The molecule has 3 atom stereocenters. The highest BCUT2D eigenvalue weighted by atomic mass is 14.4. The van der Waals surface area contributed by atoms with Crippen LogP contribution >= 0.6 is 0 Å². The molecule has 112 valence electrons. The normalized spacial score (nSPS) is 34.0. The zero-order chi connectivity index (χ0) is 13.9. The van der Waals surface area contributed by atoms with E-state index in [9.17, 15) is 0 Å². The van der Waals surface area contributed by atoms with E-state index in [0.717, 1.165) is 23.7 Å². The lowest BCUT2D eigenvalue weighted by molar-refractivity contribution is 0.128. The molecule has 2 saturated carbocycles. The molecule has 0 bridgehead atoms. The van der Waals surface area contributed by atoms with Gasteiger partial charge in [-0.1, -0.05) is 62.8 Å². The van der Waals surface area contributed by atoms with Gasteiger partial charge in [0.15, 0.2) is 0 Å². The number of hydrogen-bond acceptors (Lipinski definition) is 0. The van der Waals surface area contributed by atoms with Gasteiger partial charge in [0.1, 0.15) is 0 Å². The molecule has 0 heteroatoms. The Bertz CT molecular complexity index is 369. The summed E-state index contributed by atoms with van der Waals surface area (Å²) in [7, 11) is 0. The first-order valence-electron chi connectivity index (χ1n) is 9.14. The molecule has 3 rings (SSSR count). The van der Waals surface area contributed by atoms with Gasteiger partial charge in [-0.05, 0) is 62.2 Å². The quantitative estimate of drug-likeness (QED) is 0.554. The van der Waals surface area contributed by atoms with Crippen molar-refractivity contribution in [1.82, 2.24) is 0 Å². The van der Waals surface area contributed by atoms with Crippen molar-refractivity contribution in [2.24, 2.45) is 23.7 Å². The van der Waals surface area contributed by atoms with Crippen molar-refractivity contribution in [2.45, 2.75) is 77.6 Å². The molecule has 3 unspecified atom stereocenters. The van der Waals surface area contributed by atoms with Gasteiger partial charge in [0.2, 0.25) is 0 Å². The third kappa shape index (κ3) is 3.05. The smallest absolute Gasteiger partial charge is 0.0169 e. The Kier molecular flexibility index (Phi) is 4.68. The molecule has 3 aliphatic rings. The fraction of sp³-hybridized carbons (Fsp3) is 0.800. The van der Waals surface area contributed by atoms with Crippen molar-refractivity contribution < 1.29 is 0 Å². The van der Waals surface area contributed by atoms with Crippen LogP contribution in [0, 0.1) is 23.7 Å². The van der Waals surface area contributed by atoms with E-state index in [4.69, 9.17) is 0 Å². The van der Waals surface area contributed by atoms with Crippen molar-refractivity contribution >= 4 is 0 Å². The Balaban J connectivity index is 1.74. The Morgan fingerprint density at radius 2 is 1.70 bits per heavy atom. The van der Waals surface area contributed by atoms with Gasteiger partial charge >= 0.3 is 0 Å². The van der Waals surface area contributed by atoms with E-state index in [1.807, 2.05) is 0 Å². The highest BCUT2D eigenvalue weighted by Gasteiger charge is 2.36. The van der Waals surface area contributed by atoms with Crippen molar-refractivity contribution in [2.75, 3.05) is 0 Å². The largest absolute Gasteiger partial charge is 0.0958 e. The molecule has 0 saturated heterocycles. The lowest BCUT2D eigenvalue weighted by Crippen LogP contribution is -2.32. The molecule has 0 aliphatic heterocycles. The lowest BCUT2D eigenvalue weighted by Gasteiger charge is -2.41. The van der Waals surface area contributed by atoms with Crippen LogP contribution in [0.2, 0.25) is 0 Å². The van der Waals surface area contributed by atoms with Gasteiger partial charge in [0, 0.05) is 0 Å². The van der Waals surface area contributed by atoms with Crippen LogP contribution in [0.3, 0.4) is 0 Å². The SMILES string of the molecule is C=C1C=C2CCCC(C(C)C3CCCCC3)C2CCC1. The monoisotopic (exact) mass is 272 g/mol. The Morgan fingerprint density at radius 3 is 2.50 bits per heavy atom. The summed E-state index contributed by atoms with van der Waals surface area (Å²) >= 11 is 0. The number of allylic oxidation sites excluding steroid dienone is 3. The minimum Gasteiger partial charge on any atom is -0.0958 e. The van der Waals surface area contributed by atoms with Crippen LogP contribution in [0.15, 0.2) is 23.8 Å². The summed E-state index contributed by atoms with van der Waals surface area (Å²) in [4.78, 5) is 0. The first-order chi connectivity index (χ1) is 9.75. The highest BCUT2D eigenvalue weighted by Crippen LogP contribution is 2.47. The molecule has 20 heavy (non-hydrogen) atoms. The first-order valence-corrected chi connectivity index (χ1v) is 9.14. The van der Waals surface area contributed by atoms with Crippen LogP contribution in [-0.2, 0) is 0 Å². The summed E-state index contributed by atoms with van der Waals surface area (Å²) in [6.45, 7) is 6.84. The van der Waals surface area contributed by atoms with Gasteiger partial charge in [-0.25, -0.2) is 0 Å². The summed E-state index contributed by atoms with van der Waals surface area (Å²) in [5.41, 5.74) is 3.17. The molecule has 0 aromatic heterocycles. The molecule has 0 spiro atoms. The Morgan fingerprint density at radius 1 is 0.950 bits per heavy atom. The average Bonchev–Trinajstić information content (AvgIpc) is 2.67. The van der Waals surface area contributed by atoms with Gasteiger partial charge in [-0.2, -0.15) is 0 Å². The molecule has 0 aromatic carbocycles. The van der Waals surface area contributed by atoms with E-state index in [0.29, 0.717) is 0 Å². The predicted octanol–water partition coefficient (Wildman–Crippen LogP) is 6.29. The molecule has 0 nitrogen and oxygen atoms in total. The van der Waals surface area contributed by atoms with Gasteiger partial charge in [-0.15, -0.1) is 0 Å². The minimum atomic E-state index is 0.903. The van der Waals surface area contributed by atoms with Gasteiger partial charge in [0.25, 0.3) is 0 Å². The van der Waals surface area contributed by atoms with Gasteiger partial charge in [-0.3, -0.25) is 0 Å². The lowest BCUT2D eigenvalue weighted by atomic mass is 9.64. The number of fused-ring (bicyclic) bond motifs is 1. The topological polar surface area (TPSA) is 0 Å². The van der Waals surface area contributed by atoms with E-state index < -0.39 is 0 Å². The van der Waals surface area contributed by atoms with E-state index in [1.165, 1.54) is 76.2 Å². The van der Waals surface area contributed by atoms with Crippen LogP contribution in [0.25, 0.3) is 0 Å². The second-order valence-electron chi connectivity index (χ2n) is 7.69. The average molecular weight is 272 g/mol. The summed E-state index contributed by atoms with van der Waals surface area (Å²) in [6, 6.07) is 0. The third-order valence-corrected chi connectivity index (χ3v) is 6.47. The van der Waals surface area contributed by atoms with E-state index in [-0.39, 0.29) is 0 Å².